The molecule has 0 saturated carbocycles. The number of amides is 1. The maximum absolute atomic E-state index is 11.7. The molecule has 86 valence electrons. The minimum Gasteiger partial charge on any atom is -0.381 e. The fraction of sp³-hybridized carbons (Fsp3) is 0.909. The first-order chi connectivity index (χ1) is 7.36. The maximum Gasteiger partial charge on any atom is 0.224 e. The highest BCUT2D eigenvalue weighted by molar-refractivity contribution is 5.79. The molecule has 0 aromatic rings. The van der Waals surface area contributed by atoms with Gasteiger partial charge in [0.25, 0.3) is 0 Å². The third-order valence-electron chi connectivity index (χ3n) is 3.25. The van der Waals surface area contributed by atoms with Gasteiger partial charge >= 0.3 is 0 Å². The van der Waals surface area contributed by atoms with Crippen molar-refractivity contribution in [1.82, 2.24) is 10.6 Å². The molecule has 2 fully saturated rings. The first-order valence-electron chi connectivity index (χ1n) is 5.92. The van der Waals surface area contributed by atoms with Crippen molar-refractivity contribution in [3.63, 3.8) is 0 Å². The fourth-order valence-electron chi connectivity index (χ4n) is 2.24. The summed E-state index contributed by atoms with van der Waals surface area (Å²) >= 11 is 0. The van der Waals surface area contributed by atoms with Gasteiger partial charge in [-0.25, -0.2) is 0 Å². The highest BCUT2D eigenvalue weighted by Gasteiger charge is 2.23. The summed E-state index contributed by atoms with van der Waals surface area (Å²) in [6.45, 7) is 4.30. The van der Waals surface area contributed by atoms with Crippen molar-refractivity contribution >= 4 is 5.91 Å². The second kappa shape index (κ2) is 5.47. The van der Waals surface area contributed by atoms with Gasteiger partial charge in [0.1, 0.15) is 0 Å². The molecule has 0 aliphatic carbocycles. The van der Waals surface area contributed by atoms with Crippen molar-refractivity contribution in [3.05, 3.63) is 0 Å². The van der Waals surface area contributed by atoms with Gasteiger partial charge in [-0.05, 0) is 31.7 Å². The first kappa shape index (κ1) is 10.9. The predicted octanol–water partition coefficient (Wildman–Crippen LogP) is 0.139. The van der Waals surface area contributed by atoms with Crippen LogP contribution < -0.4 is 10.6 Å². The average Bonchev–Trinajstić information content (AvgIpc) is 2.81. The molecule has 2 saturated heterocycles. The molecule has 0 bridgehead atoms. The van der Waals surface area contributed by atoms with E-state index >= 15 is 0 Å². The van der Waals surface area contributed by atoms with Gasteiger partial charge in [-0.2, -0.15) is 0 Å². The third-order valence-corrected chi connectivity index (χ3v) is 3.25. The Kier molecular flexibility index (Phi) is 3.97. The maximum atomic E-state index is 11.7. The number of rotatable bonds is 3. The van der Waals surface area contributed by atoms with E-state index in [4.69, 9.17) is 4.74 Å². The zero-order valence-corrected chi connectivity index (χ0v) is 9.13. The summed E-state index contributed by atoms with van der Waals surface area (Å²) in [6, 6.07) is 0. The molecule has 2 aliphatic heterocycles. The van der Waals surface area contributed by atoms with E-state index in [1.54, 1.807) is 0 Å². The van der Waals surface area contributed by atoms with E-state index in [0.717, 1.165) is 45.7 Å². The number of ether oxygens (including phenoxy) is 1. The van der Waals surface area contributed by atoms with E-state index in [1.807, 2.05) is 0 Å². The van der Waals surface area contributed by atoms with Gasteiger partial charge < -0.3 is 15.4 Å². The zero-order chi connectivity index (χ0) is 10.5. The van der Waals surface area contributed by atoms with Gasteiger partial charge in [-0.15, -0.1) is 0 Å². The van der Waals surface area contributed by atoms with Crippen LogP contribution in [-0.2, 0) is 9.53 Å². The molecular weight excluding hydrogens is 192 g/mol. The van der Waals surface area contributed by atoms with E-state index in [-0.39, 0.29) is 11.8 Å². The molecule has 2 heterocycles. The summed E-state index contributed by atoms with van der Waals surface area (Å²) in [6.07, 6.45) is 3.29. The van der Waals surface area contributed by atoms with Crippen LogP contribution in [0.2, 0.25) is 0 Å². The van der Waals surface area contributed by atoms with Crippen molar-refractivity contribution in [3.8, 4) is 0 Å². The highest BCUT2D eigenvalue weighted by Crippen LogP contribution is 2.13. The van der Waals surface area contributed by atoms with Gasteiger partial charge in [-0.1, -0.05) is 0 Å². The Morgan fingerprint density at radius 2 is 2.40 bits per heavy atom. The highest BCUT2D eigenvalue weighted by atomic mass is 16.5. The van der Waals surface area contributed by atoms with E-state index < -0.39 is 0 Å². The third kappa shape index (κ3) is 3.18. The van der Waals surface area contributed by atoms with Crippen molar-refractivity contribution in [1.29, 1.82) is 0 Å². The van der Waals surface area contributed by atoms with E-state index in [9.17, 15) is 4.79 Å². The molecule has 1 amide bonds. The van der Waals surface area contributed by atoms with Crippen molar-refractivity contribution in [2.45, 2.75) is 19.3 Å². The second-order valence-corrected chi connectivity index (χ2v) is 4.52. The second-order valence-electron chi connectivity index (χ2n) is 4.52. The molecule has 1 unspecified atom stereocenters. The molecule has 15 heavy (non-hydrogen) atoms. The molecule has 2 atom stereocenters. The van der Waals surface area contributed by atoms with Gasteiger partial charge in [-0.3, -0.25) is 4.79 Å². The molecule has 2 rings (SSSR count). The van der Waals surface area contributed by atoms with Gasteiger partial charge in [0, 0.05) is 19.7 Å². The Morgan fingerprint density at radius 3 is 3.07 bits per heavy atom. The average molecular weight is 212 g/mol. The molecule has 0 aromatic heterocycles. The van der Waals surface area contributed by atoms with Crippen LogP contribution in [0.25, 0.3) is 0 Å². The SMILES string of the molecule is O=C(NCC1CCCOC1)[C@@H]1CCNC1. The van der Waals surface area contributed by atoms with Crippen LogP contribution in [0.1, 0.15) is 19.3 Å². The number of hydrogen-bond acceptors (Lipinski definition) is 3. The Labute approximate surface area is 90.8 Å². The Bertz CT molecular complexity index is 209. The number of nitrogens with one attached hydrogen (secondary N) is 2. The lowest BCUT2D eigenvalue weighted by Crippen LogP contribution is -2.37. The largest absolute Gasteiger partial charge is 0.381 e. The molecule has 4 nitrogen and oxygen atoms in total. The van der Waals surface area contributed by atoms with Crippen LogP contribution in [0.5, 0.6) is 0 Å². The number of carbonyl (C=O) groups is 1. The van der Waals surface area contributed by atoms with Crippen LogP contribution >= 0.6 is 0 Å². The van der Waals surface area contributed by atoms with Crippen molar-refractivity contribution < 1.29 is 9.53 Å². The Morgan fingerprint density at radius 1 is 1.47 bits per heavy atom. The molecular formula is C11H20N2O2. The summed E-state index contributed by atoms with van der Waals surface area (Å²) in [4.78, 5) is 11.7. The van der Waals surface area contributed by atoms with Crippen LogP contribution in [0.3, 0.4) is 0 Å². The van der Waals surface area contributed by atoms with Crippen LogP contribution in [0, 0.1) is 11.8 Å². The summed E-state index contributed by atoms with van der Waals surface area (Å²) in [5.41, 5.74) is 0. The Balaban J connectivity index is 1.65. The topological polar surface area (TPSA) is 50.4 Å². The lowest BCUT2D eigenvalue weighted by Gasteiger charge is -2.22. The summed E-state index contributed by atoms with van der Waals surface area (Å²) in [5.74, 6) is 0.928. The standard InChI is InChI=1S/C11H20N2O2/c14-11(10-3-4-12-7-10)13-6-9-2-1-5-15-8-9/h9-10,12H,1-8H2,(H,13,14)/t9?,10-/m1/s1. The predicted molar refractivity (Wildman–Crippen MR) is 57.5 cm³/mol. The van der Waals surface area contributed by atoms with Crippen molar-refractivity contribution in [2.24, 2.45) is 11.8 Å². The van der Waals surface area contributed by atoms with E-state index in [0.29, 0.717) is 5.92 Å². The van der Waals surface area contributed by atoms with E-state index in [1.165, 1.54) is 6.42 Å². The van der Waals surface area contributed by atoms with Gasteiger partial charge in [0.2, 0.25) is 5.91 Å². The van der Waals surface area contributed by atoms with Crippen LogP contribution in [-0.4, -0.2) is 38.8 Å². The molecule has 0 radical (unpaired) electrons. The molecule has 0 aromatic carbocycles. The monoisotopic (exact) mass is 212 g/mol. The molecule has 0 spiro atoms. The minimum atomic E-state index is 0.189. The fourth-order valence-corrected chi connectivity index (χ4v) is 2.24. The van der Waals surface area contributed by atoms with Crippen LogP contribution in [0.15, 0.2) is 0 Å². The van der Waals surface area contributed by atoms with Gasteiger partial charge in [0.05, 0.1) is 12.5 Å². The zero-order valence-electron chi connectivity index (χ0n) is 9.13. The first-order valence-corrected chi connectivity index (χ1v) is 5.92. The van der Waals surface area contributed by atoms with Gasteiger partial charge in [0.15, 0.2) is 0 Å². The Hall–Kier alpha value is -0.610. The minimum absolute atomic E-state index is 0.189. The smallest absolute Gasteiger partial charge is 0.224 e. The van der Waals surface area contributed by atoms with E-state index in [2.05, 4.69) is 10.6 Å². The quantitative estimate of drug-likeness (QED) is 0.699. The summed E-state index contributed by atoms with van der Waals surface area (Å²) in [7, 11) is 0. The lowest BCUT2D eigenvalue weighted by molar-refractivity contribution is -0.124. The summed E-state index contributed by atoms with van der Waals surface area (Å²) in [5, 5.41) is 6.24. The molecule has 2 N–H and O–H groups in total. The summed E-state index contributed by atoms with van der Waals surface area (Å²) < 4.78 is 5.38. The molecule has 2 aliphatic rings. The normalized spacial score (nSPS) is 31.5. The number of hydrogen-bond donors (Lipinski definition) is 2. The van der Waals surface area contributed by atoms with Crippen LogP contribution in [0.4, 0.5) is 0 Å². The lowest BCUT2D eigenvalue weighted by atomic mass is 10.0. The van der Waals surface area contributed by atoms with Crippen molar-refractivity contribution in [2.75, 3.05) is 32.8 Å². The number of carbonyl (C=O) groups excluding carboxylic acids is 1. The molecule has 4 heteroatoms.